The third kappa shape index (κ3) is 2.99. The van der Waals surface area contributed by atoms with Crippen LogP contribution in [0.2, 0.25) is 0 Å². The number of nitrogens with one attached hydrogen (secondary N) is 2. The van der Waals surface area contributed by atoms with Crippen molar-refractivity contribution in [3.8, 4) is 11.5 Å². The van der Waals surface area contributed by atoms with Crippen LogP contribution < -0.4 is 15.6 Å². The van der Waals surface area contributed by atoms with Gasteiger partial charge in [-0.15, -0.1) is 0 Å². The first-order valence-electron chi connectivity index (χ1n) is 6.11. The van der Waals surface area contributed by atoms with Crippen LogP contribution >= 0.6 is 0 Å². The van der Waals surface area contributed by atoms with Gasteiger partial charge in [-0.05, 0) is 19.1 Å². The predicted molar refractivity (Wildman–Crippen MR) is 75.1 cm³/mol. The SMILES string of the molecule is COc1cccc(C=NNC(=O)C2=NNC(=O)[C@@H]2C)c1O. The van der Waals surface area contributed by atoms with Crippen molar-refractivity contribution < 1.29 is 19.4 Å². The Hall–Kier alpha value is -2.90. The van der Waals surface area contributed by atoms with Crippen molar-refractivity contribution in [3.05, 3.63) is 23.8 Å². The molecule has 3 N–H and O–H groups in total. The number of hydrogen-bond acceptors (Lipinski definition) is 6. The molecule has 2 amide bonds. The average molecular weight is 290 g/mol. The van der Waals surface area contributed by atoms with Crippen LogP contribution in [0.25, 0.3) is 0 Å². The number of nitrogens with zero attached hydrogens (tertiary/aromatic N) is 2. The van der Waals surface area contributed by atoms with Crippen molar-refractivity contribution in [1.82, 2.24) is 10.9 Å². The lowest BCUT2D eigenvalue weighted by atomic mass is 10.1. The number of para-hydroxylation sites is 1. The second-order valence-electron chi connectivity index (χ2n) is 4.29. The number of benzene rings is 1. The first-order chi connectivity index (χ1) is 10.0. The molecule has 2 rings (SSSR count). The van der Waals surface area contributed by atoms with E-state index in [-0.39, 0.29) is 17.4 Å². The fraction of sp³-hybridized carbons (Fsp3) is 0.231. The van der Waals surface area contributed by atoms with Crippen LogP contribution in [-0.4, -0.2) is 36.0 Å². The molecular formula is C13H14N4O4. The lowest BCUT2D eigenvalue weighted by Crippen LogP contribution is -2.32. The van der Waals surface area contributed by atoms with E-state index in [0.717, 1.165) is 0 Å². The number of aromatic hydroxyl groups is 1. The molecule has 0 aliphatic carbocycles. The van der Waals surface area contributed by atoms with Crippen molar-refractivity contribution in [3.63, 3.8) is 0 Å². The molecule has 0 saturated carbocycles. The highest BCUT2D eigenvalue weighted by atomic mass is 16.5. The third-order valence-corrected chi connectivity index (χ3v) is 2.94. The minimum Gasteiger partial charge on any atom is -0.504 e. The van der Waals surface area contributed by atoms with Crippen LogP contribution in [0.1, 0.15) is 12.5 Å². The molecule has 8 heteroatoms. The molecule has 1 aliphatic heterocycles. The van der Waals surface area contributed by atoms with Gasteiger partial charge in [-0.1, -0.05) is 6.07 Å². The van der Waals surface area contributed by atoms with E-state index in [4.69, 9.17) is 4.74 Å². The minimum absolute atomic E-state index is 0.0621. The molecule has 8 nitrogen and oxygen atoms in total. The normalized spacial score (nSPS) is 17.5. The van der Waals surface area contributed by atoms with Crippen molar-refractivity contribution in [2.24, 2.45) is 16.1 Å². The van der Waals surface area contributed by atoms with E-state index >= 15 is 0 Å². The maximum atomic E-state index is 11.8. The summed E-state index contributed by atoms with van der Waals surface area (Å²) < 4.78 is 4.96. The van der Waals surface area contributed by atoms with Crippen molar-refractivity contribution in [1.29, 1.82) is 0 Å². The van der Waals surface area contributed by atoms with Crippen molar-refractivity contribution in [2.75, 3.05) is 7.11 Å². The monoisotopic (exact) mass is 290 g/mol. The number of phenols is 1. The van der Waals surface area contributed by atoms with Crippen LogP contribution in [0.15, 0.2) is 28.4 Å². The molecule has 0 spiro atoms. The quantitative estimate of drug-likeness (QED) is 0.534. The van der Waals surface area contributed by atoms with Gasteiger partial charge < -0.3 is 9.84 Å². The zero-order valence-corrected chi connectivity index (χ0v) is 11.5. The van der Waals surface area contributed by atoms with Crippen LogP contribution in [0.3, 0.4) is 0 Å². The van der Waals surface area contributed by atoms with E-state index in [1.807, 2.05) is 0 Å². The summed E-state index contributed by atoms with van der Waals surface area (Å²) in [4.78, 5) is 23.0. The second-order valence-corrected chi connectivity index (χ2v) is 4.29. The molecule has 0 saturated heterocycles. The zero-order chi connectivity index (χ0) is 15.4. The molecule has 1 aromatic rings. The van der Waals surface area contributed by atoms with Gasteiger partial charge >= 0.3 is 0 Å². The van der Waals surface area contributed by atoms with Gasteiger partial charge in [0.05, 0.1) is 19.2 Å². The molecule has 1 heterocycles. The molecular weight excluding hydrogens is 276 g/mol. The average Bonchev–Trinajstić information content (AvgIpc) is 2.81. The highest BCUT2D eigenvalue weighted by Gasteiger charge is 2.30. The molecule has 1 atom stereocenters. The Kier molecular flexibility index (Phi) is 4.17. The van der Waals surface area contributed by atoms with Gasteiger partial charge in [0, 0.05) is 5.56 Å². The fourth-order valence-corrected chi connectivity index (χ4v) is 1.71. The highest BCUT2D eigenvalue weighted by Crippen LogP contribution is 2.27. The Balaban J connectivity index is 2.03. The summed E-state index contributed by atoms with van der Waals surface area (Å²) in [5, 5.41) is 17.2. The molecule has 110 valence electrons. The number of ether oxygens (including phenoxy) is 1. The molecule has 0 aromatic heterocycles. The lowest BCUT2D eigenvalue weighted by Gasteiger charge is -2.05. The molecule has 0 unspecified atom stereocenters. The summed E-state index contributed by atoms with van der Waals surface area (Å²) >= 11 is 0. The first-order valence-corrected chi connectivity index (χ1v) is 6.11. The number of carbonyl (C=O) groups excluding carboxylic acids is 2. The number of hydrogen-bond donors (Lipinski definition) is 3. The molecule has 1 aliphatic rings. The molecule has 1 aromatic carbocycles. The zero-order valence-electron chi connectivity index (χ0n) is 11.5. The summed E-state index contributed by atoms with van der Waals surface area (Å²) in [5.41, 5.74) is 4.90. The fourth-order valence-electron chi connectivity index (χ4n) is 1.71. The van der Waals surface area contributed by atoms with Gasteiger partial charge in [-0.3, -0.25) is 9.59 Å². The largest absolute Gasteiger partial charge is 0.504 e. The molecule has 0 fully saturated rings. The van der Waals surface area contributed by atoms with Gasteiger partial charge in [0.2, 0.25) is 5.91 Å². The summed E-state index contributed by atoms with van der Waals surface area (Å²) in [6, 6.07) is 4.87. The van der Waals surface area contributed by atoms with Crippen LogP contribution in [0.4, 0.5) is 0 Å². The van der Waals surface area contributed by atoms with Crippen molar-refractivity contribution in [2.45, 2.75) is 6.92 Å². The number of rotatable bonds is 4. The lowest BCUT2D eigenvalue weighted by molar-refractivity contribution is -0.122. The maximum absolute atomic E-state index is 11.8. The summed E-state index contributed by atoms with van der Waals surface area (Å²) in [5.74, 6) is -1.32. The molecule has 21 heavy (non-hydrogen) atoms. The maximum Gasteiger partial charge on any atom is 0.288 e. The van der Waals surface area contributed by atoms with E-state index in [9.17, 15) is 14.7 Å². The number of methoxy groups -OCH3 is 1. The smallest absolute Gasteiger partial charge is 0.288 e. The second kappa shape index (κ2) is 6.04. The minimum atomic E-state index is -0.620. The molecule has 0 bridgehead atoms. The number of carbonyl (C=O) groups is 2. The number of amides is 2. The van der Waals surface area contributed by atoms with E-state index in [2.05, 4.69) is 21.1 Å². The summed E-state index contributed by atoms with van der Waals surface area (Å²) in [6.45, 7) is 1.57. The van der Waals surface area contributed by atoms with E-state index in [1.54, 1.807) is 25.1 Å². The van der Waals surface area contributed by atoms with E-state index < -0.39 is 11.8 Å². The Bertz CT molecular complexity index is 639. The van der Waals surface area contributed by atoms with Gasteiger partial charge in [-0.25, -0.2) is 10.9 Å². The third-order valence-electron chi connectivity index (χ3n) is 2.94. The van der Waals surface area contributed by atoms with E-state index in [0.29, 0.717) is 11.3 Å². The topological polar surface area (TPSA) is 112 Å². The molecule has 0 radical (unpaired) electrons. The summed E-state index contributed by atoms with van der Waals surface area (Å²) in [6.07, 6.45) is 1.27. The van der Waals surface area contributed by atoms with E-state index in [1.165, 1.54) is 13.3 Å². The van der Waals surface area contributed by atoms with Crippen LogP contribution in [0, 0.1) is 5.92 Å². The predicted octanol–water partition coefficient (Wildman–Crippen LogP) is -0.0272. The van der Waals surface area contributed by atoms with Crippen LogP contribution in [0.5, 0.6) is 11.5 Å². The number of hydrazone groups is 2. The highest BCUT2D eigenvalue weighted by molar-refractivity contribution is 6.44. The van der Waals surface area contributed by atoms with Gasteiger partial charge in [-0.2, -0.15) is 10.2 Å². The summed E-state index contributed by atoms with van der Waals surface area (Å²) in [7, 11) is 1.43. The van der Waals surface area contributed by atoms with Crippen molar-refractivity contribution >= 4 is 23.7 Å². The Morgan fingerprint density at radius 1 is 1.57 bits per heavy atom. The van der Waals surface area contributed by atoms with Gasteiger partial charge in [0.25, 0.3) is 5.91 Å². The Labute approximate surface area is 120 Å². The Morgan fingerprint density at radius 3 is 2.95 bits per heavy atom. The Morgan fingerprint density at radius 2 is 2.33 bits per heavy atom. The number of phenolic OH excluding ortho intramolecular Hbond substituents is 1. The van der Waals surface area contributed by atoms with Gasteiger partial charge in [0.1, 0.15) is 5.71 Å². The first kappa shape index (κ1) is 14.5. The van der Waals surface area contributed by atoms with Crippen LogP contribution in [-0.2, 0) is 9.59 Å². The van der Waals surface area contributed by atoms with Gasteiger partial charge in [0.15, 0.2) is 11.5 Å². The standard InChI is InChI=1S/C13H14N4O4/c1-7-10(15-17-12(7)19)13(20)16-14-6-8-4-3-5-9(21-2)11(8)18/h3-7,18H,1-2H3,(H,16,20)(H,17,19)/t7-/m1/s1.